The molecule has 1 atom stereocenters. The molecule has 0 radical (unpaired) electrons. The summed E-state index contributed by atoms with van der Waals surface area (Å²) in [7, 11) is 0. The Hall–Kier alpha value is -6.59. The Labute approximate surface area is 302 Å². The number of allylic oxidation sites excluding steroid dienone is 5. The molecule has 3 heterocycles. The molecule has 0 amide bonds. The van der Waals surface area contributed by atoms with E-state index in [0.717, 1.165) is 63.0 Å². The summed E-state index contributed by atoms with van der Waals surface area (Å²) in [5.41, 5.74) is 11.1. The predicted octanol–water partition coefficient (Wildman–Crippen LogP) is 10.9. The first-order chi connectivity index (χ1) is 25.7. The number of benzene rings is 6. The zero-order valence-corrected chi connectivity index (χ0v) is 28.4. The van der Waals surface area contributed by atoms with Crippen molar-refractivity contribution in [2.75, 3.05) is 6.54 Å². The molecular formula is C47H33N5. The normalized spacial score (nSPS) is 16.6. The van der Waals surface area contributed by atoms with Crippen LogP contribution in [0.15, 0.2) is 173 Å². The van der Waals surface area contributed by atoms with Crippen LogP contribution in [0.5, 0.6) is 0 Å². The van der Waals surface area contributed by atoms with Gasteiger partial charge in [-0.25, -0.2) is 15.0 Å². The largest absolute Gasteiger partial charge is 0.284 e. The van der Waals surface area contributed by atoms with Crippen molar-refractivity contribution in [3.05, 3.63) is 180 Å². The van der Waals surface area contributed by atoms with E-state index in [4.69, 9.17) is 24.9 Å². The highest BCUT2D eigenvalue weighted by Crippen LogP contribution is 2.43. The Morgan fingerprint density at radius 3 is 1.73 bits per heavy atom. The van der Waals surface area contributed by atoms with Crippen molar-refractivity contribution in [2.24, 2.45) is 15.9 Å². The number of hydrogen-bond donors (Lipinski definition) is 0. The van der Waals surface area contributed by atoms with E-state index in [1.165, 1.54) is 27.5 Å². The van der Waals surface area contributed by atoms with E-state index in [9.17, 15) is 0 Å². The third kappa shape index (κ3) is 5.48. The maximum atomic E-state index is 5.27. The molecular weight excluding hydrogens is 635 g/mol. The number of para-hydroxylation sites is 1. The van der Waals surface area contributed by atoms with Crippen molar-refractivity contribution in [2.45, 2.75) is 12.8 Å². The zero-order valence-electron chi connectivity index (χ0n) is 28.4. The number of hydrogen-bond acceptors (Lipinski definition) is 5. The Bertz CT molecular complexity index is 2620. The molecule has 0 N–H and O–H groups in total. The van der Waals surface area contributed by atoms with Gasteiger partial charge in [0.25, 0.3) is 0 Å². The summed E-state index contributed by atoms with van der Waals surface area (Å²) in [6.07, 6.45) is 8.34. The van der Waals surface area contributed by atoms with Crippen LogP contribution >= 0.6 is 0 Å². The topological polar surface area (TPSA) is 63.4 Å². The smallest absolute Gasteiger partial charge is 0.164 e. The van der Waals surface area contributed by atoms with E-state index < -0.39 is 0 Å². The lowest BCUT2D eigenvalue weighted by molar-refractivity contribution is 0.850. The van der Waals surface area contributed by atoms with Gasteiger partial charge in [0.15, 0.2) is 17.5 Å². The number of aromatic nitrogens is 3. The quantitative estimate of drug-likeness (QED) is 0.183. The van der Waals surface area contributed by atoms with Gasteiger partial charge in [-0.1, -0.05) is 133 Å². The maximum Gasteiger partial charge on any atom is 0.164 e. The van der Waals surface area contributed by atoms with Crippen LogP contribution < -0.4 is 0 Å². The molecule has 5 nitrogen and oxygen atoms in total. The molecule has 0 bridgehead atoms. The van der Waals surface area contributed by atoms with Gasteiger partial charge >= 0.3 is 0 Å². The van der Waals surface area contributed by atoms with E-state index in [0.29, 0.717) is 24.0 Å². The molecule has 0 saturated heterocycles. The molecule has 1 aliphatic carbocycles. The lowest BCUT2D eigenvalue weighted by atomic mass is 9.78. The molecule has 10 rings (SSSR count). The first-order valence-corrected chi connectivity index (χ1v) is 17.9. The van der Waals surface area contributed by atoms with Crippen LogP contribution in [-0.4, -0.2) is 32.9 Å². The van der Waals surface area contributed by atoms with Gasteiger partial charge in [-0.15, -0.1) is 0 Å². The summed E-state index contributed by atoms with van der Waals surface area (Å²) in [5.74, 6) is 2.17. The first kappa shape index (κ1) is 30.3. The lowest BCUT2D eigenvalue weighted by Gasteiger charge is -2.31. The minimum atomic E-state index is 0.111. The Kier molecular flexibility index (Phi) is 7.35. The van der Waals surface area contributed by atoms with Crippen LogP contribution in [0.1, 0.15) is 29.8 Å². The molecule has 52 heavy (non-hydrogen) atoms. The van der Waals surface area contributed by atoms with Crippen LogP contribution in [0, 0.1) is 5.92 Å². The average molecular weight is 668 g/mol. The van der Waals surface area contributed by atoms with Gasteiger partial charge in [-0.05, 0) is 80.9 Å². The summed E-state index contributed by atoms with van der Waals surface area (Å²) in [5, 5.41) is 4.69. The van der Waals surface area contributed by atoms with E-state index >= 15 is 0 Å². The van der Waals surface area contributed by atoms with Gasteiger partial charge in [-0.3, -0.25) is 9.98 Å². The molecule has 1 aromatic heterocycles. The average Bonchev–Trinajstić information content (AvgIpc) is 3.23. The van der Waals surface area contributed by atoms with Crippen molar-refractivity contribution in [1.82, 2.24) is 15.0 Å². The highest BCUT2D eigenvalue weighted by atomic mass is 15.0. The van der Waals surface area contributed by atoms with Gasteiger partial charge in [0.1, 0.15) is 0 Å². The van der Waals surface area contributed by atoms with E-state index in [2.05, 4.69) is 152 Å². The van der Waals surface area contributed by atoms with Crippen LogP contribution in [0.2, 0.25) is 0 Å². The van der Waals surface area contributed by atoms with Crippen molar-refractivity contribution >= 4 is 49.8 Å². The van der Waals surface area contributed by atoms with Gasteiger partial charge in [0.05, 0.1) is 23.7 Å². The van der Waals surface area contributed by atoms with E-state index in [-0.39, 0.29) is 5.92 Å². The first-order valence-electron chi connectivity index (χ1n) is 17.9. The van der Waals surface area contributed by atoms with Gasteiger partial charge < -0.3 is 0 Å². The highest BCUT2D eigenvalue weighted by Gasteiger charge is 2.33. The fraction of sp³-hybridized carbons (Fsp3) is 0.0851. The molecule has 3 aliphatic rings. The minimum absolute atomic E-state index is 0.111. The van der Waals surface area contributed by atoms with Crippen molar-refractivity contribution in [3.63, 3.8) is 0 Å². The second kappa shape index (κ2) is 12.6. The van der Waals surface area contributed by atoms with Crippen LogP contribution in [0.3, 0.4) is 0 Å². The molecule has 246 valence electrons. The monoisotopic (exact) mass is 667 g/mol. The van der Waals surface area contributed by atoms with Crippen molar-refractivity contribution in [1.29, 1.82) is 0 Å². The van der Waals surface area contributed by atoms with Crippen molar-refractivity contribution in [3.8, 4) is 22.8 Å². The van der Waals surface area contributed by atoms with Crippen molar-refractivity contribution < 1.29 is 0 Å². The maximum absolute atomic E-state index is 5.27. The summed E-state index contributed by atoms with van der Waals surface area (Å²) < 4.78 is 0. The van der Waals surface area contributed by atoms with Crippen LogP contribution in [-0.2, 0) is 0 Å². The molecule has 0 spiro atoms. The molecule has 7 aromatic rings. The Morgan fingerprint density at radius 1 is 0.481 bits per heavy atom. The van der Waals surface area contributed by atoms with E-state index in [1.807, 2.05) is 6.07 Å². The Morgan fingerprint density at radius 2 is 1.06 bits per heavy atom. The summed E-state index contributed by atoms with van der Waals surface area (Å²) >= 11 is 0. The molecule has 0 saturated carbocycles. The number of aliphatic imine (C=N–C) groups is 2. The third-order valence-electron chi connectivity index (χ3n) is 10.4. The summed E-state index contributed by atoms with van der Waals surface area (Å²) in [6, 6.07) is 48.6. The van der Waals surface area contributed by atoms with Gasteiger partial charge in [0.2, 0.25) is 0 Å². The molecule has 6 aromatic carbocycles. The lowest BCUT2D eigenvalue weighted by Crippen LogP contribution is -2.28. The second-order valence-corrected chi connectivity index (χ2v) is 13.6. The minimum Gasteiger partial charge on any atom is -0.284 e. The second-order valence-electron chi connectivity index (χ2n) is 13.6. The van der Waals surface area contributed by atoms with Gasteiger partial charge in [0, 0.05) is 22.6 Å². The fourth-order valence-electron chi connectivity index (χ4n) is 7.65. The predicted molar refractivity (Wildman–Crippen MR) is 214 cm³/mol. The number of fused-ring (bicyclic) bond motifs is 5. The zero-order chi connectivity index (χ0) is 34.4. The molecule has 0 fully saturated rings. The van der Waals surface area contributed by atoms with Gasteiger partial charge in [-0.2, -0.15) is 0 Å². The summed E-state index contributed by atoms with van der Waals surface area (Å²) in [4.78, 5) is 25.6. The molecule has 2 aliphatic heterocycles. The van der Waals surface area contributed by atoms with Crippen LogP contribution in [0.4, 0.5) is 5.69 Å². The number of dihydropyridines is 1. The molecule has 0 unspecified atom stereocenters. The molecule has 5 heteroatoms. The SMILES string of the molecule is C1=C(C2=Nc3ccccc3C3=CC(c4ccccc4)=NC[C@H]32)CCC(c2nc(-c3ccc4ccccc4c3)nc(-c3ccc4ccccc4c3)n2)=C1. The van der Waals surface area contributed by atoms with E-state index in [1.54, 1.807) is 0 Å². The Balaban J connectivity index is 1.05. The third-order valence-corrected chi connectivity index (χ3v) is 10.4. The number of rotatable bonds is 5. The fourth-order valence-corrected chi connectivity index (χ4v) is 7.65. The summed E-state index contributed by atoms with van der Waals surface area (Å²) in [6.45, 7) is 0.675. The number of nitrogens with zero attached hydrogens (tertiary/aromatic N) is 5. The standard InChI is InChI=1S/C47H33N5/c1-2-12-32(13-3-1)43-28-40-39-16-8-9-17-42(39)49-44(41(40)29-48-43)33-20-22-34(23-21-33)45-50-46(37-24-18-30-10-4-6-14-35(30)26-37)52-47(51-45)38-25-19-31-11-5-7-15-36(31)27-38/h1-20,22,24-28,41H,21,23,29H2/t41-/m1/s1. The van der Waals surface area contributed by atoms with Crippen LogP contribution in [0.25, 0.3) is 55.5 Å². The highest BCUT2D eigenvalue weighted by molar-refractivity contribution is 6.20.